The molecule has 1 aliphatic heterocycles. The number of benzene rings is 2. The summed E-state index contributed by atoms with van der Waals surface area (Å²) in [7, 11) is 0. The first-order chi connectivity index (χ1) is 16.8. The highest BCUT2D eigenvalue weighted by molar-refractivity contribution is 6.27. The topological polar surface area (TPSA) is 121 Å². The summed E-state index contributed by atoms with van der Waals surface area (Å²) in [6.07, 6.45) is -0.840. The third-order valence-corrected chi connectivity index (χ3v) is 5.04. The molecule has 4 rings (SSSR count). The largest absolute Gasteiger partial charge is 0.513 e. The van der Waals surface area contributed by atoms with Crippen LogP contribution in [0.25, 0.3) is 10.9 Å². The van der Waals surface area contributed by atoms with E-state index in [9.17, 15) is 23.6 Å². The molecule has 0 atom stereocenters. The van der Waals surface area contributed by atoms with Crippen molar-refractivity contribution in [1.82, 2.24) is 9.88 Å². The summed E-state index contributed by atoms with van der Waals surface area (Å²) < 4.78 is 33.6. The molecule has 1 aromatic heterocycles. The van der Waals surface area contributed by atoms with Gasteiger partial charge in [-0.3, -0.25) is 19.5 Å². The third-order valence-electron chi connectivity index (χ3n) is 5.04. The number of pyridine rings is 1. The Hall–Kier alpha value is -4.54. The summed E-state index contributed by atoms with van der Waals surface area (Å²) in [5, 5.41) is 0.128. The summed E-state index contributed by atoms with van der Waals surface area (Å²) in [5.74, 6) is -2.70. The van der Waals surface area contributed by atoms with E-state index in [4.69, 9.17) is 18.9 Å². The molecule has 0 aliphatic carbocycles. The van der Waals surface area contributed by atoms with Crippen molar-refractivity contribution >= 4 is 35.0 Å². The van der Waals surface area contributed by atoms with Crippen molar-refractivity contribution in [2.24, 2.45) is 0 Å². The quantitative estimate of drug-likeness (QED) is 0.288. The summed E-state index contributed by atoms with van der Waals surface area (Å²) in [6, 6.07) is 8.21. The Morgan fingerprint density at radius 3 is 2.06 bits per heavy atom. The van der Waals surface area contributed by atoms with E-state index < -0.39 is 29.9 Å². The first-order valence-electron chi connectivity index (χ1n) is 10.6. The highest BCUT2D eigenvalue weighted by Gasteiger charge is 2.44. The number of aromatic nitrogens is 1. The van der Waals surface area contributed by atoms with Gasteiger partial charge >= 0.3 is 12.3 Å². The number of hydrogen-bond donors (Lipinski definition) is 0. The van der Waals surface area contributed by atoms with Crippen LogP contribution in [-0.2, 0) is 16.0 Å². The van der Waals surface area contributed by atoms with Crippen LogP contribution in [0, 0.1) is 5.82 Å². The van der Waals surface area contributed by atoms with Crippen molar-refractivity contribution in [3.8, 4) is 11.5 Å². The van der Waals surface area contributed by atoms with Crippen LogP contribution < -0.4 is 9.47 Å². The van der Waals surface area contributed by atoms with E-state index in [0.717, 1.165) is 4.90 Å². The summed E-state index contributed by atoms with van der Waals surface area (Å²) in [5.41, 5.74) is -0.173. The Balaban J connectivity index is 1.90. The second-order valence-corrected chi connectivity index (χ2v) is 7.20. The number of hydrogen-bond acceptors (Lipinski definition) is 9. The van der Waals surface area contributed by atoms with Crippen molar-refractivity contribution in [2.45, 2.75) is 20.4 Å². The molecule has 35 heavy (non-hydrogen) atoms. The first kappa shape index (κ1) is 23.6. The number of ether oxygens (including phenoxy) is 4. The Morgan fingerprint density at radius 1 is 0.886 bits per heavy atom. The molecule has 0 saturated heterocycles. The average molecular weight is 482 g/mol. The van der Waals surface area contributed by atoms with Crippen LogP contribution in [-0.4, -0.2) is 47.2 Å². The normalized spacial score (nSPS) is 12.5. The Labute approximate surface area is 198 Å². The standard InChI is InChI=1S/C24H19FN2O8/c1-3-32-23(30)34-19-15-6-5-11-26-18(15)20(35-24(31)33-4-2)17-16(19)21(28)27(22(17)29)12-13-7-9-14(25)10-8-13/h5-11H,3-4,12H2,1-2H3. The maximum absolute atomic E-state index is 13.5. The van der Waals surface area contributed by atoms with Gasteiger partial charge in [0, 0.05) is 11.6 Å². The predicted molar refractivity (Wildman–Crippen MR) is 118 cm³/mol. The molecule has 1 aliphatic rings. The SMILES string of the molecule is CCOC(=O)Oc1c2c(c(OC(=O)OCC)c3ncccc13)C(=O)N(Cc1ccc(F)cc1)C2=O. The first-order valence-corrected chi connectivity index (χ1v) is 10.6. The van der Waals surface area contributed by atoms with E-state index in [0.29, 0.717) is 5.56 Å². The number of nitrogens with zero attached hydrogens (tertiary/aromatic N) is 2. The van der Waals surface area contributed by atoms with Gasteiger partial charge in [0.25, 0.3) is 11.8 Å². The van der Waals surface area contributed by atoms with Crippen LogP contribution in [0.5, 0.6) is 11.5 Å². The van der Waals surface area contributed by atoms with E-state index in [1.54, 1.807) is 13.8 Å². The molecule has 0 saturated carbocycles. The van der Waals surface area contributed by atoms with Gasteiger partial charge in [0.1, 0.15) is 22.5 Å². The highest BCUT2D eigenvalue weighted by atomic mass is 19.1. The smallest absolute Gasteiger partial charge is 0.434 e. The zero-order chi connectivity index (χ0) is 25.1. The zero-order valence-corrected chi connectivity index (χ0v) is 18.7. The van der Waals surface area contributed by atoms with Crippen LogP contribution in [0.15, 0.2) is 42.6 Å². The Morgan fingerprint density at radius 2 is 1.46 bits per heavy atom. The van der Waals surface area contributed by atoms with Gasteiger partial charge in [-0.1, -0.05) is 12.1 Å². The van der Waals surface area contributed by atoms with Crippen molar-refractivity contribution in [2.75, 3.05) is 13.2 Å². The van der Waals surface area contributed by atoms with Crippen molar-refractivity contribution in [1.29, 1.82) is 0 Å². The predicted octanol–water partition coefficient (Wildman–Crippen LogP) is 4.24. The van der Waals surface area contributed by atoms with Gasteiger partial charge in [0.15, 0.2) is 11.5 Å². The number of fused-ring (bicyclic) bond motifs is 2. The molecule has 2 aromatic carbocycles. The number of imide groups is 1. The fourth-order valence-electron chi connectivity index (χ4n) is 3.60. The van der Waals surface area contributed by atoms with E-state index in [-0.39, 0.29) is 53.3 Å². The zero-order valence-electron chi connectivity index (χ0n) is 18.7. The summed E-state index contributed by atoms with van der Waals surface area (Å²) >= 11 is 0. The molecular formula is C24H19FN2O8. The van der Waals surface area contributed by atoms with Gasteiger partial charge in [-0.2, -0.15) is 0 Å². The molecule has 3 aromatic rings. The fourth-order valence-corrected chi connectivity index (χ4v) is 3.60. The molecule has 0 unspecified atom stereocenters. The molecule has 2 amide bonds. The van der Waals surface area contributed by atoms with Gasteiger partial charge in [-0.15, -0.1) is 0 Å². The minimum Gasteiger partial charge on any atom is -0.434 e. The van der Waals surface area contributed by atoms with Gasteiger partial charge in [-0.25, -0.2) is 14.0 Å². The van der Waals surface area contributed by atoms with Crippen LogP contribution in [0.2, 0.25) is 0 Å². The van der Waals surface area contributed by atoms with Crippen LogP contribution in [0.1, 0.15) is 40.1 Å². The number of halogens is 1. The second-order valence-electron chi connectivity index (χ2n) is 7.20. The van der Waals surface area contributed by atoms with Gasteiger partial charge in [-0.05, 0) is 43.7 Å². The van der Waals surface area contributed by atoms with E-state index in [1.807, 2.05) is 0 Å². The lowest BCUT2D eigenvalue weighted by molar-refractivity contribution is 0.0640. The van der Waals surface area contributed by atoms with Crippen LogP contribution in [0.4, 0.5) is 14.0 Å². The van der Waals surface area contributed by atoms with Gasteiger partial charge < -0.3 is 18.9 Å². The van der Waals surface area contributed by atoms with Crippen LogP contribution >= 0.6 is 0 Å². The van der Waals surface area contributed by atoms with Gasteiger partial charge in [0.2, 0.25) is 0 Å². The molecule has 0 spiro atoms. The molecule has 2 heterocycles. The van der Waals surface area contributed by atoms with E-state index in [2.05, 4.69) is 4.98 Å². The maximum atomic E-state index is 13.5. The summed E-state index contributed by atoms with van der Waals surface area (Å²) in [4.78, 5) is 56.3. The molecule has 11 heteroatoms. The third kappa shape index (κ3) is 4.47. The number of carbonyl (C=O) groups is 4. The van der Waals surface area contributed by atoms with E-state index >= 15 is 0 Å². The minimum absolute atomic E-state index is 0.00000671. The second kappa shape index (κ2) is 9.75. The minimum atomic E-state index is -1.11. The van der Waals surface area contributed by atoms with Gasteiger partial charge in [0.05, 0.1) is 19.8 Å². The molecule has 10 nitrogen and oxygen atoms in total. The average Bonchev–Trinajstić information content (AvgIpc) is 3.08. The highest BCUT2D eigenvalue weighted by Crippen LogP contribution is 2.45. The fraction of sp³-hybridized carbons (Fsp3) is 0.208. The lowest BCUT2D eigenvalue weighted by Crippen LogP contribution is -2.29. The van der Waals surface area contributed by atoms with Crippen LogP contribution in [0.3, 0.4) is 0 Å². The molecule has 0 N–H and O–H groups in total. The Bertz CT molecular complexity index is 1260. The monoisotopic (exact) mass is 482 g/mol. The van der Waals surface area contributed by atoms with E-state index in [1.165, 1.54) is 42.6 Å². The number of rotatable bonds is 6. The molecule has 0 radical (unpaired) electrons. The number of amides is 2. The molecular weight excluding hydrogens is 463 g/mol. The summed E-state index contributed by atoms with van der Waals surface area (Å²) in [6.45, 7) is 2.93. The molecule has 0 bridgehead atoms. The lowest BCUT2D eigenvalue weighted by Gasteiger charge is -2.14. The maximum Gasteiger partial charge on any atom is 0.513 e. The van der Waals surface area contributed by atoms with Crippen molar-refractivity contribution in [3.05, 3.63) is 65.1 Å². The van der Waals surface area contributed by atoms with Crippen molar-refractivity contribution < 1.29 is 42.5 Å². The lowest BCUT2D eigenvalue weighted by atomic mass is 10.0. The Kier molecular flexibility index (Phi) is 6.58. The number of carbonyl (C=O) groups excluding carboxylic acids is 4. The molecule has 0 fully saturated rings. The van der Waals surface area contributed by atoms with Crippen molar-refractivity contribution in [3.63, 3.8) is 0 Å². The molecule has 180 valence electrons.